The molecular weight excluding hydrogens is 454 g/mol. The molecule has 0 bridgehead atoms. The third-order valence-electron chi connectivity index (χ3n) is 5.62. The zero-order valence-electron chi connectivity index (χ0n) is 18.7. The lowest BCUT2D eigenvalue weighted by Gasteiger charge is -2.06. The Morgan fingerprint density at radius 2 is 1.80 bits per heavy atom. The number of fused-ring (bicyclic) bond motifs is 1. The van der Waals surface area contributed by atoms with E-state index in [4.69, 9.17) is 23.1 Å². The van der Waals surface area contributed by atoms with Gasteiger partial charge < -0.3 is 10.3 Å². The molecule has 0 fully saturated rings. The first kappa shape index (κ1) is 22.1. The molecule has 0 spiro atoms. The number of nitriles is 1. The number of benzene rings is 3. The topological polar surface area (TPSA) is 97.0 Å². The van der Waals surface area contributed by atoms with Crippen molar-refractivity contribution < 1.29 is 0 Å². The maximum absolute atomic E-state index is 9.40. The number of aromatic nitrogens is 3. The summed E-state index contributed by atoms with van der Waals surface area (Å²) in [5, 5.41) is 19.5. The minimum Gasteiger partial charge on any atom is -0.375 e. The van der Waals surface area contributed by atoms with Gasteiger partial charge in [0.15, 0.2) is 5.11 Å². The fourth-order valence-electron chi connectivity index (χ4n) is 4.05. The molecule has 170 valence electrons. The van der Waals surface area contributed by atoms with Gasteiger partial charge in [-0.25, -0.2) is 4.68 Å². The molecule has 3 aromatic carbocycles. The van der Waals surface area contributed by atoms with E-state index >= 15 is 0 Å². The Morgan fingerprint density at radius 1 is 1.06 bits per heavy atom. The van der Waals surface area contributed by atoms with E-state index in [9.17, 15) is 5.26 Å². The molecule has 7 nitrogen and oxygen atoms in total. The number of para-hydroxylation sites is 1. The second-order valence-electron chi connectivity index (χ2n) is 7.94. The third-order valence-corrected chi connectivity index (χ3v) is 5.71. The molecule has 5 aromatic rings. The van der Waals surface area contributed by atoms with Crippen LogP contribution in [0.4, 0.5) is 0 Å². The maximum atomic E-state index is 9.40. The largest absolute Gasteiger partial charge is 0.375 e. The number of thiocarbonyl (C=S) groups is 1. The Balaban J connectivity index is 1.61. The highest BCUT2D eigenvalue weighted by molar-refractivity contribution is 7.80. The molecule has 8 heteroatoms. The lowest BCUT2D eigenvalue weighted by atomic mass is 10.1. The van der Waals surface area contributed by atoms with Crippen LogP contribution in [0.2, 0.25) is 0 Å². The highest BCUT2D eigenvalue weighted by atomic mass is 32.1. The molecule has 0 atom stereocenters. The molecular formula is C27H21N7S. The number of rotatable bonds is 6. The van der Waals surface area contributed by atoms with E-state index in [2.05, 4.69) is 39.5 Å². The quantitative estimate of drug-likeness (QED) is 0.213. The Morgan fingerprint density at radius 3 is 2.51 bits per heavy atom. The molecule has 0 unspecified atom stereocenters. The van der Waals surface area contributed by atoms with Crippen LogP contribution in [0.25, 0.3) is 27.8 Å². The van der Waals surface area contributed by atoms with Crippen LogP contribution in [0.1, 0.15) is 16.7 Å². The lowest BCUT2D eigenvalue weighted by Crippen LogP contribution is -2.23. The van der Waals surface area contributed by atoms with E-state index in [0.29, 0.717) is 12.1 Å². The molecule has 0 saturated carbocycles. The van der Waals surface area contributed by atoms with Gasteiger partial charge in [-0.2, -0.15) is 15.5 Å². The van der Waals surface area contributed by atoms with Crippen LogP contribution in [0.15, 0.2) is 96.4 Å². The first-order valence-electron chi connectivity index (χ1n) is 10.9. The van der Waals surface area contributed by atoms with E-state index in [1.54, 1.807) is 6.21 Å². The molecule has 0 aliphatic heterocycles. The van der Waals surface area contributed by atoms with Gasteiger partial charge in [-0.3, -0.25) is 5.43 Å². The normalized spacial score (nSPS) is 11.1. The summed E-state index contributed by atoms with van der Waals surface area (Å²) in [6, 6.07) is 28.0. The van der Waals surface area contributed by atoms with Crippen molar-refractivity contribution in [1.29, 1.82) is 5.26 Å². The van der Waals surface area contributed by atoms with Crippen LogP contribution >= 0.6 is 12.2 Å². The SMILES string of the molecule is N#Cc1ccc2c(c1)c(/C=N\NC(N)=S)cn2Cc1cn(-c2ccccc2)nc1-c1ccccc1. The van der Waals surface area contributed by atoms with Crippen LogP contribution in [-0.4, -0.2) is 25.7 Å². The van der Waals surface area contributed by atoms with Crippen LogP contribution in [-0.2, 0) is 6.54 Å². The standard InChI is InChI=1S/C27H21N7S/c28-14-19-11-12-25-24(13-19)21(15-30-31-27(29)35)16-33(25)17-22-18-34(23-9-5-2-6-10-23)32-26(22)20-7-3-1-4-8-20/h1-13,15-16,18H,17H2,(H3,29,31,35)/b30-15-. The number of hydrogen-bond donors (Lipinski definition) is 2. The fraction of sp³-hybridized carbons (Fsp3) is 0.0370. The minimum absolute atomic E-state index is 0.0866. The zero-order chi connectivity index (χ0) is 24.2. The van der Waals surface area contributed by atoms with Gasteiger partial charge in [-0.1, -0.05) is 48.5 Å². The Labute approximate surface area is 207 Å². The maximum Gasteiger partial charge on any atom is 0.184 e. The molecule has 0 aliphatic carbocycles. The van der Waals surface area contributed by atoms with Crippen molar-refractivity contribution in [3.63, 3.8) is 0 Å². The van der Waals surface area contributed by atoms with E-state index in [1.807, 2.05) is 77.6 Å². The van der Waals surface area contributed by atoms with Gasteiger partial charge >= 0.3 is 0 Å². The number of hydrazone groups is 1. The molecule has 2 heterocycles. The first-order valence-corrected chi connectivity index (χ1v) is 11.3. The van der Waals surface area contributed by atoms with E-state index in [-0.39, 0.29) is 5.11 Å². The Hall–Kier alpha value is -4.74. The third kappa shape index (κ3) is 4.67. The van der Waals surface area contributed by atoms with Gasteiger partial charge in [-0.15, -0.1) is 0 Å². The van der Waals surface area contributed by atoms with Crippen LogP contribution in [0.5, 0.6) is 0 Å². The minimum atomic E-state index is 0.0866. The molecule has 0 amide bonds. The van der Waals surface area contributed by atoms with Gasteiger partial charge in [0.05, 0.1) is 35.8 Å². The van der Waals surface area contributed by atoms with Gasteiger partial charge in [-0.05, 0) is 42.5 Å². The van der Waals surface area contributed by atoms with Crippen LogP contribution in [0, 0.1) is 11.3 Å². The summed E-state index contributed by atoms with van der Waals surface area (Å²) in [7, 11) is 0. The summed E-state index contributed by atoms with van der Waals surface area (Å²) in [6.45, 7) is 0.579. The molecule has 2 aromatic heterocycles. The Kier molecular flexibility index (Phi) is 6.07. The van der Waals surface area contributed by atoms with Crippen molar-refractivity contribution in [2.75, 3.05) is 0 Å². The summed E-state index contributed by atoms with van der Waals surface area (Å²) in [5.41, 5.74) is 14.5. The van der Waals surface area contributed by atoms with Crippen LogP contribution < -0.4 is 11.2 Å². The highest BCUT2D eigenvalue weighted by Crippen LogP contribution is 2.28. The van der Waals surface area contributed by atoms with Crippen molar-refractivity contribution >= 4 is 34.4 Å². The van der Waals surface area contributed by atoms with Crippen molar-refractivity contribution in [1.82, 2.24) is 19.8 Å². The van der Waals surface area contributed by atoms with E-state index in [0.717, 1.165) is 39.0 Å². The molecule has 0 radical (unpaired) electrons. The van der Waals surface area contributed by atoms with Gasteiger partial charge in [0.2, 0.25) is 0 Å². The number of hydrogen-bond acceptors (Lipinski definition) is 4. The molecule has 35 heavy (non-hydrogen) atoms. The number of nitrogens with one attached hydrogen (secondary N) is 1. The molecule has 0 aliphatic rings. The zero-order valence-corrected chi connectivity index (χ0v) is 19.5. The van der Waals surface area contributed by atoms with Crippen molar-refractivity contribution in [3.05, 3.63) is 108 Å². The fourth-order valence-corrected chi connectivity index (χ4v) is 4.11. The van der Waals surface area contributed by atoms with E-state index < -0.39 is 0 Å². The van der Waals surface area contributed by atoms with Gasteiger partial charge in [0.1, 0.15) is 0 Å². The van der Waals surface area contributed by atoms with Crippen LogP contribution in [0.3, 0.4) is 0 Å². The first-order chi connectivity index (χ1) is 17.1. The second-order valence-corrected chi connectivity index (χ2v) is 8.38. The van der Waals surface area contributed by atoms with Gasteiger partial charge in [0, 0.05) is 40.0 Å². The monoisotopic (exact) mass is 475 g/mol. The summed E-state index contributed by atoms with van der Waals surface area (Å²) < 4.78 is 4.04. The van der Waals surface area contributed by atoms with Gasteiger partial charge in [0.25, 0.3) is 0 Å². The highest BCUT2D eigenvalue weighted by Gasteiger charge is 2.15. The summed E-state index contributed by atoms with van der Waals surface area (Å²) in [6.07, 6.45) is 5.73. The predicted molar refractivity (Wildman–Crippen MR) is 142 cm³/mol. The average Bonchev–Trinajstić information content (AvgIpc) is 3.46. The average molecular weight is 476 g/mol. The second kappa shape index (κ2) is 9.63. The van der Waals surface area contributed by atoms with E-state index in [1.165, 1.54) is 0 Å². The molecule has 5 rings (SSSR count). The predicted octanol–water partition coefficient (Wildman–Crippen LogP) is 4.58. The molecule has 0 saturated heterocycles. The summed E-state index contributed by atoms with van der Waals surface area (Å²) in [5.74, 6) is 0. The molecule has 3 N–H and O–H groups in total. The van der Waals surface area contributed by atoms with Crippen molar-refractivity contribution in [3.8, 4) is 23.0 Å². The lowest BCUT2D eigenvalue weighted by molar-refractivity contribution is 0.834. The number of nitrogens with two attached hydrogens (primary N) is 1. The smallest absolute Gasteiger partial charge is 0.184 e. The summed E-state index contributed by atoms with van der Waals surface area (Å²) in [4.78, 5) is 0. The van der Waals surface area contributed by atoms with Crippen molar-refractivity contribution in [2.24, 2.45) is 10.8 Å². The van der Waals surface area contributed by atoms with Crippen molar-refractivity contribution in [2.45, 2.75) is 6.54 Å². The summed E-state index contributed by atoms with van der Waals surface area (Å²) >= 11 is 4.84. The Bertz CT molecular complexity index is 1570. The number of nitrogens with zero attached hydrogens (tertiary/aromatic N) is 5.